The Labute approximate surface area is 166 Å². The van der Waals surface area contributed by atoms with Crippen molar-refractivity contribution in [2.75, 3.05) is 0 Å². The quantitative estimate of drug-likeness (QED) is 0.418. The molecule has 3 saturated carbocycles. The van der Waals surface area contributed by atoms with E-state index in [2.05, 4.69) is 50.8 Å². The van der Waals surface area contributed by atoms with E-state index < -0.39 is 0 Å². The second-order valence-corrected chi connectivity index (χ2v) is 10.4. The predicted molar refractivity (Wildman–Crippen MR) is 106 cm³/mol. The molecule has 0 bridgehead atoms. The number of hydrogen-bond donors (Lipinski definition) is 0. The summed E-state index contributed by atoms with van der Waals surface area (Å²) in [5, 5.41) is 0. The Kier molecular flexibility index (Phi) is 4.20. The third kappa shape index (κ3) is 2.28. The molecule has 0 aromatic carbocycles. The fraction of sp³-hybridized carbons (Fsp3) is 0.619. The van der Waals surface area contributed by atoms with Gasteiger partial charge in [-0.25, -0.2) is 0 Å². The molecule has 0 heterocycles. The van der Waals surface area contributed by atoms with Crippen LogP contribution in [0.3, 0.4) is 0 Å². The van der Waals surface area contributed by atoms with Crippen molar-refractivity contribution in [1.82, 2.24) is 0 Å². The summed E-state index contributed by atoms with van der Waals surface area (Å²) in [6.07, 6.45) is 15.6. The standard InChI is InChI=1S/C21H22Br2O2/c1-3-8-21-10-6-12(24)11-15(21)18(22)19(23)17-13-4-5-16(25)20(13,2)9-7-14(17)21/h1,6,10-11,13-14,17-19H,4-5,7-9H2,2H3/t13-,14-,17-,18-,19-,20-,21+/m0/s1. The molecular weight excluding hydrogens is 444 g/mol. The normalized spacial score (nSPS) is 48.2. The van der Waals surface area contributed by atoms with Gasteiger partial charge in [-0.05, 0) is 54.7 Å². The number of hydrogen-bond acceptors (Lipinski definition) is 2. The summed E-state index contributed by atoms with van der Waals surface area (Å²) in [6.45, 7) is 2.17. The summed E-state index contributed by atoms with van der Waals surface area (Å²) in [4.78, 5) is 24.9. The predicted octanol–water partition coefficient (Wildman–Crippen LogP) is 4.61. The van der Waals surface area contributed by atoms with Crippen molar-refractivity contribution in [3.05, 3.63) is 23.8 Å². The van der Waals surface area contributed by atoms with Crippen LogP contribution in [0.25, 0.3) is 0 Å². The van der Waals surface area contributed by atoms with Crippen LogP contribution in [-0.2, 0) is 9.59 Å². The third-order valence-corrected chi connectivity index (χ3v) is 10.3. The summed E-state index contributed by atoms with van der Waals surface area (Å²) < 4.78 is 0. The van der Waals surface area contributed by atoms with E-state index in [1.807, 2.05) is 0 Å². The van der Waals surface area contributed by atoms with Crippen molar-refractivity contribution < 1.29 is 9.59 Å². The van der Waals surface area contributed by atoms with Crippen LogP contribution in [0.5, 0.6) is 0 Å². The summed E-state index contributed by atoms with van der Waals surface area (Å²) in [5.41, 5.74) is 0.680. The van der Waals surface area contributed by atoms with E-state index in [0.717, 1.165) is 24.8 Å². The molecule has 4 aliphatic carbocycles. The first-order chi connectivity index (χ1) is 11.8. The topological polar surface area (TPSA) is 34.1 Å². The lowest BCUT2D eigenvalue weighted by atomic mass is 9.47. The van der Waals surface area contributed by atoms with Gasteiger partial charge in [0.2, 0.25) is 0 Å². The molecule has 0 amide bonds. The van der Waals surface area contributed by atoms with E-state index in [0.29, 0.717) is 36.4 Å². The number of alkyl halides is 2. The number of allylic oxidation sites excluding steroid dienone is 4. The van der Waals surface area contributed by atoms with Crippen molar-refractivity contribution in [3.8, 4) is 12.3 Å². The van der Waals surface area contributed by atoms with Gasteiger partial charge in [-0.15, -0.1) is 12.3 Å². The average molecular weight is 466 g/mol. The van der Waals surface area contributed by atoms with Crippen molar-refractivity contribution in [3.63, 3.8) is 0 Å². The molecule has 4 rings (SSSR count). The Bertz CT molecular complexity index is 745. The van der Waals surface area contributed by atoms with Gasteiger partial charge in [-0.2, -0.15) is 0 Å². The number of halogens is 2. The van der Waals surface area contributed by atoms with Crippen LogP contribution in [-0.4, -0.2) is 21.2 Å². The van der Waals surface area contributed by atoms with Gasteiger partial charge in [-0.3, -0.25) is 9.59 Å². The highest BCUT2D eigenvalue weighted by Crippen LogP contribution is 2.66. The molecule has 0 aliphatic heterocycles. The average Bonchev–Trinajstić information content (AvgIpc) is 2.89. The first-order valence-electron chi connectivity index (χ1n) is 9.05. The molecule has 0 unspecified atom stereocenters. The molecule has 7 atom stereocenters. The molecule has 0 radical (unpaired) electrons. The maximum Gasteiger partial charge on any atom is 0.178 e. The smallest absolute Gasteiger partial charge is 0.178 e. The minimum atomic E-state index is -0.251. The van der Waals surface area contributed by atoms with Gasteiger partial charge in [0, 0.05) is 33.3 Å². The van der Waals surface area contributed by atoms with Gasteiger partial charge >= 0.3 is 0 Å². The lowest BCUT2D eigenvalue weighted by Crippen LogP contribution is -2.57. The highest BCUT2D eigenvalue weighted by Gasteiger charge is 2.63. The monoisotopic (exact) mass is 464 g/mol. The van der Waals surface area contributed by atoms with E-state index in [1.54, 1.807) is 12.2 Å². The first kappa shape index (κ1) is 17.7. The molecule has 0 aromatic heterocycles. The highest BCUT2D eigenvalue weighted by atomic mass is 79.9. The Morgan fingerprint density at radius 2 is 2.04 bits per heavy atom. The van der Waals surface area contributed by atoms with Crippen LogP contribution in [0.2, 0.25) is 0 Å². The number of Topliss-reactive ketones (excluding diaryl/α,β-unsaturated/α-hetero) is 1. The number of ketones is 2. The number of rotatable bonds is 1. The lowest BCUT2D eigenvalue weighted by Gasteiger charge is -2.59. The van der Waals surface area contributed by atoms with Crippen molar-refractivity contribution in [2.24, 2.45) is 28.6 Å². The van der Waals surface area contributed by atoms with Crippen LogP contribution < -0.4 is 0 Å². The maximum absolute atomic E-state index is 12.6. The van der Waals surface area contributed by atoms with Crippen LogP contribution >= 0.6 is 31.9 Å². The molecule has 0 N–H and O–H groups in total. The molecule has 0 saturated heterocycles. The van der Waals surface area contributed by atoms with Crippen molar-refractivity contribution in [1.29, 1.82) is 0 Å². The molecule has 4 heteroatoms. The Morgan fingerprint density at radius 3 is 2.76 bits per heavy atom. The van der Waals surface area contributed by atoms with Gasteiger partial charge < -0.3 is 0 Å². The molecule has 132 valence electrons. The van der Waals surface area contributed by atoms with E-state index in [9.17, 15) is 9.59 Å². The van der Waals surface area contributed by atoms with E-state index in [1.165, 1.54) is 0 Å². The molecule has 4 aliphatic rings. The Morgan fingerprint density at radius 1 is 1.28 bits per heavy atom. The minimum absolute atomic E-state index is 0.0435. The summed E-state index contributed by atoms with van der Waals surface area (Å²) in [7, 11) is 0. The van der Waals surface area contributed by atoms with Crippen LogP contribution in [0.1, 0.15) is 39.0 Å². The fourth-order valence-corrected chi connectivity index (χ4v) is 8.11. The van der Waals surface area contributed by atoms with E-state index in [4.69, 9.17) is 6.42 Å². The second kappa shape index (κ2) is 5.92. The summed E-state index contributed by atoms with van der Waals surface area (Å²) in [6, 6.07) is 0. The van der Waals surface area contributed by atoms with Crippen LogP contribution in [0.15, 0.2) is 23.8 Å². The zero-order chi connectivity index (χ0) is 18.0. The van der Waals surface area contributed by atoms with Crippen LogP contribution in [0.4, 0.5) is 0 Å². The molecule has 0 aromatic rings. The van der Waals surface area contributed by atoms with Gasteiger partial charge in [0.25, 0.3) is 0 Å². The summed E-state index contributed by atoms with van der Waals surface area (Å²) >= 11 is 7.81. The maximum atomic E-state index is 12.6. The SMILES string of the molecule is C#CC[C@]12C=CC(=O)C=C1[C@H](Br)[C@@H](Br)[C@H]1[C@@H]3CCC(=O)[C@@]3(C)CC[C@@H]12. The van der Waals surface area contributed by atoms with Gasteiger partial charge in [0.1, 0.15) is 5.78 Å². The number of carbonyl (C=O) groups excluding carboxylic acids is 2. The highest BCUT2D eigenvalue weighted by molar-refractivity contribution is 9.12. The molecule has 0 spiro atoms. The van der Waals surface area contributed by atoms with Crippen molar-refractivity contribution >= 4 is 43.4 Å². The van der Waals surface area contributed by atoms with E-state index in [-0.39, 0.29) is 26.3 Å². The Hall–Kier alpha value is -0.660. The first-order valence-corrected chi connectivity index (χ1v) is 10.9. The lowest BCUT2D eigenvalue weighted by molar-refractivity contribution is -0.131. The largest absolute Gasteiger partial charge is 0.299 e. The minimum Gasteiger partial charge on any atom is -0.299 e. The van der Waals surface area contributed by atoms with Gasteiger partial charge in [0.05, 0.1) is 0 Å². The molecule has 2 nitrogen and oxygen atoms in total. The van der Waals surface area contributed by atoms with E-state index >= 15 is 0 Å². The van der Waals surface area contributed by atoms with Crippen LogP contribution in [0, 0.1) is 40.9 Å². The van der Waals surface area contributed by atoms with Gasteiger partial charge in [0.15, 0.2) is 5.78 Å². The zero-order valence-corrected chi connectivity index (χ0v) is 17.5. The third-order valence-electron chi connectivity index (χ3n) is 7.42. The number of fused-ring (bicyclic) bond motifs is 5. The van der Waals surface area contributed by atoms with Crippen molar-refractivity contribution in [2.45, 2.75) is 48.7 Å². The second-order valence-electron chi connectivity index (χ2n) is 8.31. The zero-order valence-electron chi connectivity index (χ0n) is 14.3. The molecular formula is C21H22Br2O2. The number of carbonyl (C=O) groups is 2. The fourth-order valence-electron chi connectivity index (χ4n) is 6.18. The Balaban J connectivity index is 1.85. The molecule has 3 fully saturated rings. The number of terminal acetylenes is 1. The molecule has 25 heavy (non-hydrogen) atoms. The summed E-state index contributed by atoms with van der Waals surface area (Å²) in [5.74, 6) is 4.52. The van der Waals surface area contributed by atoms with Gasteiger partial charge in [-0.1, -0.05) is 44.9 Å².